The molecule has 15 heteroatoms. The molecular weight excluding hydrogens is 699 g/mol. The van der Waals surface area contributed by atoms with Gasteiger partial charge in [-0.05, 0) is 72.2 Å². The number of benzene rings is 3. The average molecular weight is 724 g/mol. The molecular formula is C33H24Cl2N4O7S2. The molecule has 3 amide bonds. The van der Waals surface area contributed by atoms with E-state index in [0.717, 1.165) is 21.9 Å². The smallest absolute Gasteiger partial charge is 0.305 e. The maximum atomic E-state index is 13.9. The van der Waals surface area contributed by atoms with E-state index in [2.05, 4.69) is 10.3 Å². The van der Waals surface area contributed by atoms with Crippen molar-refractivity contribution < 1.29 is 24.0 Å². The van der Waals surface area contributed by atoms with E-state index in [0.29, 0.717) is 27.2 Å². The van der Waals surface area contributed by atoms with Gasteiger partial charge in [-0.15, -0.1) is 11.8 Å². The van der Waals surface area contributed by atoms with E-state index < -0.39 is 16.8 Å². The second-order valence-corrected chi connectivity index (χ2v) is 15.3. The van der Waals surface area contributed by atoms with Crippen LogP contribution in [-0.2, 0) is 14.4 Å². The standard InChI is InChI=1S/C33H24Cl2N4O7S2/c34-21-10-3-15(11-22(21)35)36-23(40)13-46-18-8-1-14(2-9-18)24-25-19-12-20(28(25)47-30-29(24)48-33(43)37-30)27-26(19)31(41)38(32(27)42)16-4-6-17(7-5-16)39(44)45/h1-11,19-20,24-28H,12-13H2,(H,36,40)(H,37,43)/t19-,20-,24+,25-,26+,27+,28-/m1/s1. The zero-order valence-corrected chi connectivity index (χ0v) is 27.8. The van der Waals surface area contributed by atoms with Gasteiger partial charge in [0.15, 0.2) is 6.61 Å². The van der Waals surface area contributed by atoms with Crippen molar-refractivity contribution in [3.8, 4) is 5.75 Å². The number of thioether (sulfide) groups is 1. The first-order chi connectivity index (χ1) is 23.1. The summed E-state index contributed by atoms with van der Waals surface area (Å²) in [6.07, 6.45) is 0.730. The number of rotatable bonds is 7. The fourth-order valence-corrected chi connectivity index (χ4v) is 11.2. The Morgan fingerprint density at radius 1 is 0.979 bits per heavy atom. The third-order valence-electron chi connectivity index (χ3n) is 9.86. The van der Waals surface area contributed by atoms with Crippen molar-refractivity contribution in [2.45, 2.75) is 22.6 Å². The van der Waals surface area contributed by atoms with Crippen LogP contribution in [0.25, 0.3) is 0 Å². The summed E-state index contributed by atoms with van der Waals surface area (Å²) < 4.78 is 5.75. The van der Waals surface area contributed by atoms with E-state index in [4.69, 9.17) is 27.9 Å². The summed E-state index contributed by atoms with van der Waals surface area (Å²) in [4.78, 5) is 68.4. The Morgan fingerprint density at radius 3 is 2.38 bits per heavy atom. The highest BCUT2D eigenvalue weighted by atomic mass is 35.5. The number of aromatic amines is 1. The Balaban J connectivity index is 1.04. The number of hydrogen-bond acceptors (Lipinski definition) is 9. The van der Waals surface area contributed by atoms with Crippen LogP contribution < -0.4 is 19.8 Å². The second-order valence-electron chi connectivity index (χ2n) is 12.3. The molecule has 4 aromatic rings. The molecule has 48 heavy (non-hydrogen) atoms. The van der Waals surface area contributed by atoms with Crippen molar-refractivity contribution in [2.75, 3.05) is 16.8 Å². The highest BCUT2D eigenvalue weighted by molar-refractivity contribution is 8.00. The number of nitrogens with one attached hydrogen (secondary N) is 2. The molecule has 11 nitrogen and oxygen atoms in total. The number of carbonyl (C=O) groups excluding carboxylic acids is 3. The predicted molar refractivity (Wildman–Crippen MR) is 181 cm³/mol. The van der Waals surface area contributed by atoms with E-state index in [9.17, 15) is 29.3 Å². The molecule has 244 valence electrons. The molecule has 4 aliphatic rings. The van der Waals surface area contributed by atoms with Crippen LogP contribution in [0.2, 0.25) is 10.0 Å². The molecule has 7 atom stereocenters. The number of fused-ring (bicyclic) bond motifs is 9. The first-order valence-electron chi connectivity index (χ1n) is 15.1. The molecule has 0 unspecified atom stereocenters. The van der Waals surface area contributed by atoms with Gasteiger partial charge in [0.1, 0.15) is 5.75 Å². The third kappa shape index (κ3) is 5.02. The summed E-state index contributed by atoms with van der Waals surface area (Å²) in [5, 5.41) is 15.4. The highest BCUT2D eigenvalue weighted by Crippen LogP contribution is 2.68. The quantitative estimate of drug-likeness (QED) is 0.127. The molecule has 3 aromatic carbocycles. The normalized spacial score (nSPS) is 26.6. The largest absolute Gasteiger partial charge is 0.484 e. The van der Waals surface area contributed by atoms with Crippen molar-refractivity contribution in [1.82, 2.24) is 4.98 Å². The van der Waals surface area contributed by atoms with Gasteiger partial charge in [-0.3, -0.25) is 34.2 Å². The van der Waals surface area contributed by atoms with Gasteiger partial charge in [0, 0.05) is 33.9 Å². The lowest BCUT2D eigenvalue weighted by molar-refractivity contribution is -0.384. The predicted octanol–water partition coefficient (Wildman–Crippen LogP) is 6.35. The van der Waals surface area contributed by atoms with Crippen LogP contribution in [0.4, 0.5) is 17.1 Å². The maximum absolute atomic E-state index is 13.9. The number of carbonyl (C=O) groups is 3. The molecule has 1 saturated heterocycles. The number of anilines is 2. The monoisotopic (exact) mass is 722 g/mol. The number of aromatic nitrogens is 1. The Labute approximate surface area is 290 Å². The SMILES string of the molecule is O=C(COc1ccc([C@@H]2c3sc(=O)[nH]c3S[C@@H]3[C@@H]4C[C@@H]([C@@H]5C(=O)N(c6ccc([N+](=O)[O-])cc6)C(=O)[C@@H]45)[C@H]23)cc1)Nc1ccc(Cl)c(Cl)c1. The van der Waals surface area contributed by atoms with Crippen LogP contribution in [-0.4, -0.2) is 39.5 Å². The second kappa shape index (κ2) is 11.8. The number of thiazole rings is 1. The Kier molecular flexibility index (Phi) is 7.62. The van der Waals surface area contributed by atoms with Crippen LogP contribution in [0.1, 0.15) is 22.8 Å². The van der Waals surface area contributed by atoms with Crippen molar-refractivity contribution in [3.63, 3.8) is 0 Å². The number of nitro benzene ring substituents is 1. The fourth-order valence-electron chi connectivity index (χ4n) is 8.06. The lowest BCUT2D eigenvalue weighted by Gasteiger charge is -2.43. The zero-order chi connectivity index (χ0) is 33.4. The molecule has 2 aliphatic heterocycles. The van der Waals surface area contributed by atoms with E-state index >= 15 is 0 Å². The first-order valence-corrected chi connectivity index (χ1v) is 17.5. The average Bonchev–Trinajstić information content (AvgIpc) is 3.81. The molecule has 8 rings (SSSR count). The van der Waals surface area contributed by atoms with Crippen LogP contribution in [0.5, 0.6) is 5.75 Å². The molecule has 2 saturated carbocycles. The number of hydrogen-bond donors (Lipinski definition) is 2. The Morgan fingerprint density at radius 2 is 1.69 bits per heavy atom. The van der Waals surface area contributed by atoms with Gasteiger partial charge in [-0.25, -0.2) is 0 Å². The molecule has 2 bridgehead atoms. The number of nitrogens with zero attached hydrogens (tertiary/aromatic N) is 2. The molecule has 3 fully saturated rings. The summed E-state index contributed by atoms with van der Waals surface area (Å²) in [5.41, 5.74) is 1.65. The number of imide groups is 1. The van der Waals surface area contributed by atoms with Crippen molar-refractivity contribution in [2.24, 2.45) is 29.6 Å². The number of non-ortho nitro benzene ring substituents is 1. The lowest BCUT2D eigenvalue weighted by atomic mass is 9.68. The van der Waals surface area contributed by atoms with Crippen molar-refractivity contribution in [1.29, 1.82) is 0 Å². The van der Waals surface area contributed by atoms with Crippen LogP contribution >= 0.6 is 46.3 Å². The number of amides is 3. The van der Waals surface area contributed by atoms with Gasteiger partial charge >= 0.3 is 4.87 Å². The molecule has 0 radical (unpaired) electrons. The summed E-state index contributed by atoms with van der Waals surface area (Å²) in [7, 11) is 0. The van der Waals surface area contributed by atoms with E-state index in [1.165, 1.54) is 40.5 Å². The van der Waals surface area contributed by atoms with E-state index in [1.54, 1.807) is 42.1 Å². The van der Waals surface area contributed by atoms with Crippen LogP contribution in [0.3, 0.4) is 0 Å². The number of nitro groups is 1. The van der Waals surface area contributed by atoms with Gasteiger partial charge in [0.25, 0.3) is 11.6 Å². The Bertz CT molecular complexity index is 2070. The third-order valence-corrected chi connectivity index (χ3v) is 13.2. The van der Waals surface area contributed by atoms with Crippen LogP contribution in [0, 0.1) is 39.7 Å². The zero-order valence-electron chi connectivity index (χ0n) is 24.6. The number of H-pyrrole nitrogens is 1. The van der Waals surface area contributed by atoms with Crippen molar-refractivity contribution in [3.05, 3.63) is 107 Å². The lowest BCUT2D eigenvalue weighted by Crippen LogP contribution is -2.42. The minimum Gasteiger partial charge on any atom is -0.484 e. The Hall–Kier alpha value is -4.17. The number of halogens is 2. The topological polar surface area (TPSA) is 152 Å². The summed E-state index contributed by atoms with van der Waals surface area (Å²) >= 11 is 14.7. The molecule has 1 aromatic heterocycles. The van der Waals surface area contributed by atoms with Crippen molar-refractivity contribution >= 4 is 81.1 Å². The summed E-state index contributed by atoms with van der Waals surface area (Å²) in [6, 6.07) is 17.7. The van der Waals surface area contributed by atoms with Gasteiger partial charge in [0.2, 0.25) is 11.8 Å². The molecule has 3 heterocycles. The highest BCUT2D eigenvalue weighted by Gasteiger charge is 2.69. The first kappa shape index (κ1) is 31.1. The summed E-state index contributed by atoms with van der Waals surface area (Å²) in [5.74, 6) is -1.76. The minimum absolute atomic E-state index is 0.00231. The fraction of sp³-hybridized carbons (Fsp3) is 0.273. The van der Waals surface area contributed by atoms with Gasteiger partial charge < -0.3 is 15.0 Å². The van der Waals surface area contributed by atoms with Gasteiger partial charge in [-0.2, -0.15) is 0 Å². The number of ether oxygens (including phenoxy) is 1. The minimum atomic E-state index is -0.521. The van der Waals surface area contributed by atoms with Crippen LogP contribution in [0.15, 0.2) is 76.6 Å². The molecule has 0 spiro atoms. The molecule has 2 aliphatic carbocycles. The summed E-state index contributed by atoms with van der Waals surface area (Å²) in [6.45, 7) is -0.234. The van der Waals surface area contributed by atoms with Gasteiger partial charge in [0.05, 0.1) is 37.5 Å². The van der Waals surface area contributed by atoms with E-state index in [1.807, 2.05) is 12.1 Å². The van der Waals surface area contributed by atoms with E-state index in [-0.39, 0.29) is 63.8 Å². The molecule has 2 N–H and O–H groups in total. The maximum Gasteiger partial charge on any atom is 0.305 e. The van der Waals surface area contributed by atoms with Gasteiger partial charge in [-0.1, -0.05) is 46.7 Å².